The number of aromatic carboxylic acids is 1. The van der Waals surface area contributed by atoms with Crippen LogP contribution in [-0.2, 0) is 20.1 Å². The summed E-state index contributed by atoms with van der Waals surface area (Å²) < 4.78 is 13.0. The number of carbonyl (C=O) groups excluding carboxylic acids is 1. The van der Waals surface area contributed by atoms with Gasteiger partial charge in [-0.2, -0.15) is 0 Å². The van der Waals surface area contributed by atoms with E-state index in [9.17, 15) is 20.0 Å². The molecule has 0 amide bonds. The second-order valence-corrected chi connectivity index (χ2v) is 17.0. The monoisotopic (exact) mass is 1000 g/mol. The summed E-state index contributed by atoms with van der Waals surface area (Å²) in [5.74, 6) is 0.262. The Bertz CT molecular complexity index is 2330. The number of carboxylic acid groups (broad SMARTS) is 1. The summed E-state index contributed by atoms with van der Waals surface area (Å²) in [6, 6.07) is 62.1. The topological polar surface area (TPSA) is 126 Å². The molecule has 0 unspecified atom stereocenters. The van der Waals surface area contributed by atoms with E-state index in [2.05, 4.69) is 178 Å². The van der Waals surface area contributed by atoms with Gasteiger partial charge in [-0.3, -0.25) is 10.1 Å². The molecule has 0 bridgehead atoms. The van der Waals surface area contributed by atoms with Gasteiger partial charge < -0.3 is 19.4 Å². The molecule has 11 heteroatoms. The molecular weight excluding hydrogens is 967 g/mol. The standard InChI is InChI=1S/C38H30O2P2.C8H3N2O4.C3H5.Ir/c1-5-15-29(16-6-1)41(30-17-7-2-8-18-30)35-25-13-23-33-37(35)38-34(40-28-27-39-33)24-14-26-36(38)42(31-19-9-3-10-20-31)32-21-11-4-12-22-32;9-4-6-2-1-5(8(11)12)3-7(6)10(13)14;1-3-2;/h1-26H,27-28H2;2-3H,(H,11,12);3H,1-2H2;/q;-1;;+3/p-1. The molecule has 7 aromatic rings. The van der Waals surface area contributed by atoms with Crippen LogP contribution in [0.3, 0.4) is 0 Å². The Balaban J connectivity index is 0.000000321. The number of hydrogen-bond donors (Lipinski definition) is 0. The van der Waals surface area contributed by atoms with Crippen molar-refractivity contribution in [3.63, 3.8) is 0 Å². The van der Waals surface area contributed by atoms with Gasteiger partial charge in [0.1, 0.15) is 24.7 Å². The molecule has 8 rings (SSSR count). The van der Waals surface area contributed by atoms with Crippen LogP contribution in [0.2, 0.25) is 0 Å². The summed E-state index contributed by atoms with van der Waals surface area (Å²) in [6.45, 7) is 7.50. The van der Waals surface area contributed by atoms with E-state index < -0.39 is 38.0 Å². The number of carbonyl (C=O) groups is 1. The van der Waals surface area contributed by atoms with Gasteiger partial charge in [0.15, 0.2) is 0 Å². The van der Waals surface area contributed by atoms with E-state index in [1.54, 1.807) is 6.07 Å². The maximum Gasteiger partial charge on any atom is 3.00 e. The van der Waals surface area contributed by atoms with Crippen LogP contribution < -0.4 is 46.4 Å². The molecule has 0 aromatic heterocycles. The fourth-order valence-corrected chi connectivity index (χ4v) is 11.4. The summed E-state index contributed by atoms with van der Waals surface area (Å²) in [5, 5.41) is 36.9. The average molecular weight is 1000 g/mol. The SMILES string of the molecule is N#Cc1c[c-]c(C(=O)[O-])cc1[N+](=O)[O-].[CH2][CH][CH2].[Ir+3].c1ccc(P(c2ccccc2)c2cccc3c2-c2c(cccc2P(c2ccccc2)c2ccccc2)OCCO3)cc1. The van der Waals surface area contributed by atoms with E-state index in [0.29, 0.717) is 13.2 Å². The van der Waals surface area contributed by atoms with Gasteiger partial charge in [-0.15, -0.1) is 17.7 Å². The maximum absolute atomic E-state index is 10.4. The quantitative estimate of drug-likeness (QED) is 0.0687. The van der Waals surface area contributed by atoms with Crippen LogP contribution >= 0.6 is 15.8 Å². The van der Waals surface area contributed by atoms with Crippen LogP contribution in [0, 0.1) is 47.8 Å². The Labute approximate surface area is 366 Å². The van der Waals surface area contributed by atoms with Gasteiger partial charge in [-0.25, -0.2) is 5.26 Å². The molecule has 0 spiro atoms. The zero-order valence-electron chi connectivity index (χ0n) is 32.1. The summed E-state index contributed by atoms with van der Waals surface area (Å²) in [4.78, 5) is 19.9. The van der Waals surface area contributed by atoms with E-state index in [4.69, 9.17) is 14.7 Å². The normalized spacial score (nSPS) is 11.1. The Morgan fingerprint density at radius 2 is 1.03 bits per heavy atom. The third-order valence-corrected chi connectivity index (χ3v) is 13.8. The van der Waals surface area contributed by atoms with Crippen LogP contribution in [-0.4, -0.2) is 24.1 Å². The largest absolute Gasteiger partial charge is 3.00 e. The van der Waals surface area contributed by atoms with Gasteiger partial charge in [-0.1, -0.05) is 152 Å². The number of nitro groups is 1. The summed E-state index contributed by atoms with van der Waals surface area (Å²) in [5.41, 5.74) is 1.03. The van der Waals surface area contributed by atoms with E-state index in [1.807, 2.05) is 0 Å². The zero-order chi connectivity index (χ0) is 41.6. The van der Waals surface area contributed by atoms with Crippen LogP contribution in [0.5, 0.6) is 11.5 Å². The molecule has 0 atom stereocenters. The van der Waals surface area contributed by atoms with Crippen molar-refractivity contribution in [1.82, 2.24) is 0 Å². The first-order valence-corrected chi connectivity index (χ1v) is 21.1. The first kappa shape index (κ1) is 45.1. The minimum atomic E-state index is -1.57. The predicted octanol–water partition coefficient (Wildman–Crippen LogP) is 7.13. The van der Waals surface area contributed by atoms with Crippen molar-refractivity contribution < 1.29 is 44.4 Å². The van der Waals surface area contributed by atoms with Crippen LogP contribution in [0.25, 0.3) is 11.1 Å². The molecule has 1 aliphatic rings. The zero-order valence-corrected chi connectivity index (χ0v) is 36.3. The fourth-order valence-electron chi connectivity index (χ4n) is 6.46. The molecule has 60 heavy (non-hydrogen) atoms. The molecule has 3 radical (unpaired) electrons. The van der Waals surface area contributed by atoms with Crippen LogP contribution in [0.4, 0.5) is 5.69 Å². The minimum absolute atomic E-state index is 0. The number of nitrogens with zero attached hydrogens (tertiary/aromatic N) is 2. The first-order chi connectivity index (χ1) is 28.9. The molecule has 0 fully saturated rings. The average Bonchev–Trinajstić information content (AvgIpc) is 3.26. The number of nitro benzene ring substituents is 1. The Hall–Kier alpha value is -5.99. The van der Waals surface area contributed by atoms with Crippen molar-refractivity contribution >= 4 is 59.3 Å². The van der Waals surface area contributed by atoms with Gasteiger partial charge in [0.25, 0.3) is 0 Å². The Kier molecular flexibility index (Phi) is 16.8. The van der Waals surface area contributed by atoms with Crippen molar-refractivity contribution in [2.45, 2.75) is 0 Å². The molecule has 1 heterocycles. The van der Waals surface area contributed by atoms with Crippen molar-refractivity contribution in [3.05, 3.63) is 217 Å². The smallest absolute Gasteiger partial charge is 0.603 e. The molecule has 0 saturated heterocycles. The number of hydrogen-bond acceptors (Lipinski definition) is 7. The summed E-state index contributed by atoms with van der Waals surface area (Å²) in [6.07, 6.45) is 1.50. The second kappa shape index (κ2) is 22.4. The van der Waals surface area contributed by atoms with Crippen molar-refractivity contribution in [2.75, 3.05) is 13.2 Å². The van der Waals surface area contributed by atoms with Gasteiger partial charge >= 0.3 is 20.1 Å². The van der Waals surface area contributed by atoms with Crippen LogP contribution in [0.1, 0.15) is 15.9 Å². The van der Waals surface area contributed by atoms with Crippen molar-refractivity contribution in [2.24, 2.45) is 0 Å². The Morgan fingerprint density at radius 1 is 0.667 bits per heavy atom. The van der Waals surface area contributed by atoms with E-state index in [1.165, 1.54) is 38.2 Å². The maximum atomic E-state index is 10.4. The number of nitriles is 1. The third-order valence-electron chi connectivity index (χ3n) is 8.86. The summed E-state index contributed by atoms with van der Waals surface area (Å²) >= 11 is 0. The molecule has 8 nitrogen and oxygen atoms in total. The van der Waals surface area contributed by atoms with E-state index in [0.717, 1.165) is 34.8 Å². The second-order valence-electron chi connectivity index (χ2n) is 12.6. The van der Waals surface area contributed by atoms with Gasteiger partial charge in [0.05, 0.1) is 6.07 Å². The Morgan fingerprint density at radius 3 is 1.35 bits per heavy atom. The first-order valence-electron chi connectivity index (χ1n) is 18.4. The minimum Gasteiger partial charge on any atom is -0.603 e. The number of rotatable bonds is 8. The van der Waals surface area contributed by atoms with Gasteiger partial charge in [0.2, 0.25) is 5.69 Å². The van der Waals surface area contributed by atoms with E-state index >= 15 is 0 Å². The molecule has 1 aliphatic heterocycles. The number of carboxylic acids is 1. The van der Waals surface area contributed by atoms with Gasteiger partial charge in [0, 0.05) is 21.6 Å². The van der Waals surface area contributed by atoms with Crippen LogP contribution in [0.15, 0.2) is 170 Å². The number of benzene rings is 7. The number of ether oxygens (including phenoxy) is 2. The predicted molar refractivity (Wildman–Crippen MR) is 236 cm³/mol. The van der Waals surface area contributed by atoms with Gasteiger partial charge in [-0.05, 0) is 86.0 Å². The van der Waals surface area contributed by atoms with Crippen molar-refractivity contribution in [3.8, 4) is 28.7 Å². The molecular formula is C49H37IrN2O6P2+. The van der Waals surface area contributed by atoms with E-state index in [-0.39, 0.29) is 25.7 Å². The van der Waals surface area contributed by atoms with Crippen molar-refractivity contribution in [1.29, 1.82) is 5.26 Å². The fraction of sp³-hybridized carbons (Fsp3) is 0.0408. The summed E-state index contributed by atoms with van der Waals surface area (Å²) in [7, 11) is -1.75. The molecule has 0 aliphatic carbocycles. The molecule has 0 saturated carbocycles. The molecule has 297 valence electrons. The molecule has 7 aromatic carbocycles. The number of fused-ring (bicyclic) bond motifs is 3. The molecule has 0 N–H and O–H groups in total. The third kappa shape index (κ3) is 10.8.